The molecule has 0 bridgehead atoms. The second-order valence-electron chi connectivity index (χ2n) is 7.41. The van der Waals surface area contributed by atoms with Gasteiger partial charge in [-0.3, -0.25) is 9.59 Å². The van der Waals surface area contributed by atoms with Crippen LogP contribution in [0.5, 0.6) is 0 Å². The Morgan fingerprint density at radius 2 is 1.76 bits per heavy atom. The van der Waals surface area contributed by atoms with Gasteiger partial charge in [0, 0.05) is 13.0 Å². The number of allylic oxidation sites excluding steroid dienone is 1. The van der Waals surface area contributed by atoms with Gasteiger partial charge in [0.05, 0.1) is 11.3 Å². The molecule has 1 fully saturated rings. The van der Waals surface area contributed by atoms with Gasteiger partial charge >= 0.3 is 18.2 Å². The number of piperidine rings is 1. The molecule has 0 spiro atoms. The number of urea groups is 1. The molecular weight excluding hydrogens is 459 g/mol. The Balaban J connectivity index is 0.000000509. The molecule has 0 unspecified atom stereocenters. The fourth-order valence-electron chi connectivity index (χ4n) is 3.30. The Morgan fingerprint density at radius 3 is 2.35 bits per heavy atom. The maximum absolute atomic E-state index is 12.7. The van der Waals surface area contributed by atoms with Crippen molar-refractivity contribution < 1.29 is 37.5 Å². The van der Waals surface area contributed by atoms with E-state index in [9.17, 15) is 27.6 Å². The van der Waals surface area contributed by atoms with Gasteiger partial charge in [0.1, 0.15) is 5.71 Å². The fourth-order valence-corrected chi connectivity index (χ4v) is 3.30. The third-order valence-electron chi connectivity index (χ3n) is 4.88. The lowest BCUT2D eigenvalue weighted by Crippen LogP contribution is -2.32. The molecule has 0 saturated carbocycles. The van der Waals surface area contributed by atoms with Crippen molar-refractivity contribution in [3.05, 3.63) is 35.4 Å². The SMILES string of the molecule is NC(=O)NN=C1C=Cc2cccc(NC(=O)CCN3CCCCC3)c2C1=O.O=C(O)C(F)(F)F. The molecule has 1 aliphatic heterocycles. The first-order valence-corrected chi connectivity index (χ1v) is 10.3. The maximum atomic E-state index is 12.7. The van der Waals surface area contributed by atoms with Crippen LogP contribution in [-0.2, 0) is 9.59 Å². The Hall–Kier alpha value is -3.74. The summed E-state index contributed by atoms with van der Waals surface area (Å²) in [5.41, 5.74) is 8.58. The predicted molar refractivity (Wildman–Crippen MR) is 117 cm³/mol. The van der Waals surface area contributed by atoms with E-state index in [0.717, 1.165) is 13.1 Å². The molecule has 13 heteroatoms. The molecule has 2 aliphatic rings. The fraction of sp³-hybridized carbons (Fsp3) is 0.381. The zero-order valence-corrected chi connectivity index (χ0v) is 18.0. The second-order valence-corrected chi connectivity index (χ2v) is 7.41. The Kier molecular flexibility index (Phi) is 9.30. The number of benzene rings is 1. The van der Waals surface area contributed by atoms with E-state index in [1.54, 1.807) is 24.3 Å². The van der Waals surface area contributed by atoms with Gasteiger partial charge in [0.15, 0.2) is 0 Å². The molecular formula is C21H24F3N5O5. The number of alkyl halides is 3. The second kappa shape index (κ2) is 11.9. The summed E-state index contributed by atoms with van der Waals surface area (Å²) < 4.78 is 31.7. The highest BCUT2D eigenvalue weighted by atomic mass is 19.4. The molecule has 34 heavy (non-hydrogen) atoms. The van der Waals surface area contributed by atoms with Crippen molar-refractivity contribution in [2.75, 3.05) is 25.0 Å². The normalized spacial score (nSPS) is 16.8. The first-order valence-electron chi connectivity index (χ1n) is 10.3. The number of aliphatic carboxylic acids is 1. The van der Waals surface area contributed by atoms with Crippen molar-refractivity contribution in [1.29, 1.82) is 0 Å². The highest BCUT2D eigenvalue weighted by Crippen LogP contribution is 2.26. The van der Waals surface area contributed by atoms with E-state index in [4.69, 9.17) is 15.6 Å². The van der Waals surface area contributed by atoms with E-state index in [-0.39, 0.29) is 17.4 Å². The minimum absolute atomic E-state index is 0.0521. The smallest absolute Gasteiger partial charge is 0.475 e. The van der Waals surface area contributed by atoms with E-state index < -0.39 is 18.2 Å². The van der Waals surface area contributed by atoms with Crippen molar-refractivity contribution in [1.82, 2.24) is 10.3 Å². The number of rotatable bonds is 5. The largest absolute Gasteiger partial charge is 0.490 e. The molecule has 10 nitrogen and oxygen atoms in total. The number of ketones is 1. The highest BCUT2D eigenvalue weighted by Gasteiger charge is 2.38. The molecule has 1 saturated heterocycles. The topological polar surface area (TPSA) is 154 Å². The summed E-state index contributed by atoms with van der Waals surface area (Å²) >= 11 is 0. The molecule has 3 amide bonds. The maximum Gasteiger partial charge on any atom is 0.490 e. The van der Waals surface area contributed by atoms with Crippen molar-refractivity contribution in [3.63, 3.8) is 0 Å². The number of primary amides is 1. The van der Waals surface area contributed by atoms with Gasteiger partial charge < -0.3 is 21.1 Å². The van der Waals surface area contributed by atoms with E-state index in [1.807, 2.05) is 0 Å². The average molecular weight is 483 g/mol. The van der Waals surface area contributed by atoms with Crippen molar-refractivity contribution >= 4 is 41.2 Å². The molecule has 0 radical (unpaired) electrons. The van der Waals surface area contributed by atoms with Crippen LogP contribution in [0.25, 0.3) is 6.08 Å². The van der Waals surface area contributed by atoms with Crippen molar-refractivity contribution in [3.8, 4) is 0 Å². The number of hydrogen-bond acceptors (Lipinski definition) is 6. The van der Waals surface area contributed by atoms with Crippen molar-refractivity contribution in [2.24, 2.45) is 10.8 Å². The van der Waals surface area contributed by atoms with Crippen LogP contribution in [0.3, 0.4) is 0 Å². The Labute approximate surface area is 192 Å². The standard InChI is InChI=1S/C19H23N5O3.C2HF3O2/c20-19(27)23-22-15-8-7-13-5-4-6-14(17(13)18(15)26)21-16(25)9-12-24-10-2-1-3-11-24;3-2(4,5)1(6)7/h4-8H,1-3,9-12H2,(H,21,25)(H3,20,23,27);(H,6,7). The number of nitrogens with one attached hydrogen (secondary N) is 2. The molecule has 1 aromatic rings. The number of carbonyl (C=O) groups is 4. The summed E-state index contributed by atoms with van der Waals surface area (Å²) in [7, 11) is 0. The average Bonchev–Trinajstić information content (AvgIpc) is 2.78. The third-order valence-corrected chi connectivity index (χ3v) is 4.88. The number of hydrazone groups is 1. The monoisotopic (exact) mass is 483 g/mol. The summed E-state index contributed by atoms with van der Waals surface area (Å²) in [5.74, 6) is -3.27. The number of halogens is 3. The summed E-state index contributed by atoms with van der Waals surface area (Å²) in [6.45, 7) is 2.78. The molecule has 3 rings (SSSR count). The summed E-state index contributed by atoms with van der Waals surface area (Å²) in [6.07, 6.45) is 2.11. The van der Waals surface area contributed by atoms with Crippen LogP contribution in [-0.4, -0.2) is 65.2 Å². The lowest BCUT2D eigenvalue weighted by Gasteiger charge is -2.26. The summed E-state index contributed by atoms with van der Waals surface area (Å²) in [6, 6.07) is 4.40. The van der Waals surface area contributed by atoms with Gasteiger partial charge in [-0.15, -0.1) is 0 Å². The number of hydrogen-bond donors (Lipinski definition) is 4. The number of anilines is 1. The molecule has 1 aliphatic carbocycles. The van der Waals surface area contributed by atoms with Crippen molar-refractivity contribution in [2.45, 2.75) is 31.9 Å². The zero-order chi connectivity index (χ0) is 25.3. The van der Waals surface area contributed by atoms with Gasteiger partial charge in [-0.2, -0.15) is 18.3 Å². The molecule has 1 aromatic carbocycles. The number of nitrogens with two attached hydrogens (primary N) is 1. The predicted octanol–water partition coefficient (Wildman–Crippen LogP) is 2.37. The zero-order valence-electron chi connectivity index (χ0n) is 18.0. The Bertz CT molecular complexity index is 1000. The van der Waals surface area contributed by atoms with E-state index in [1.165, 1.54) is 25.3 Å². The number of Topliss-reactive ketones (excluding diaryl/α,β-unsaturated/α-hetero) is 1. The van der Waals surface area contributed by atoms with Gasteiger partial charge in [0.2, 0.25) is 11.7 Å². The van der Waals surface area contributed by atoms with E-state index in [0.29, 0.717) is 29.8 Å². The lowest BCUT2D eigenvalue weighted by molar-refractivity contribution is -0.192. The van der Waals surface area contributed by atoms with Gasteiger partial charge in [-0.1, -0.05) is 24.6 Å². The number of nitrogens with zero attached hydrogens (tertiary/aromatic N) is 2. The van der Waals surface area contributed by atoms with E-state index in [2.05, 4.69) is 20.7 Å². The minimum Gasteiger partial charge on any atom is -0.475 e. The molecule has 0 atom stereocenters. The van der Waals surface area contributed by atoms with Crippen LogP contribution in [0.2, 0.25) is 0 Å². The minimum atomic E-state index is -5.08. The lowest BCUT2D eigenvalue weighted by atomic mass is 9.93. The molecule has 0 aromatic heterocycles. The van der Waals surface area contributed by atoms with Gasteiger partial charge in [-0.25, -0.2) is 15.0 Å². The van der Waals surface area contributed by atoms with Crippen LogP contribution >= 0.6 is 0 Å². The Morgan fingerprint density at radius 1 is 1.12 bits per heavy atom. The van der Waals surface area contributed by atoms with Crippen LogP contribution in [0.4, 0.5) is 23.7 Å². The number of amides is 3. The first-order chi connectivity index (χ1) is 16.0. The van der Waals surface area contributed by atoms with E-state index >= 15 is 0 Å². The number of fused-ring (bicyclic) bond motifs is 1. The summed E-state index contributed by atoms with van der Waals surface area (Å²) in [4.78, 5) is 47.1. The third kappa shape index (κ3) is 7.99. The highest BCUT2D eigenvalue weighted by molar-refractivity contribution is 6.53. The van der Waals surface area contributed by atoms with Crippen LogP contribution in [0.1, 0.15) is 41.6 Å². The number of carboxylic acids is 1. The first kappa shape index (κ1) is 26.5. The van der Waals surface area contributed by atoms with Crippen LogP contribution in [0.15, 0.2) is 29.4 Å². The van der Waals surface area contributed by atoms with Crippen LogP contribution < -0.4 is 16.5 Å². The molecule has 184 valence electrons. The summed E-state index contributed by atoms with van der Waals surface area (Å²) in [5, 5.41) is 13.7. The van der Waals surface area contributed by atoms with Gasteiger partial charge in [-0.05, 0) is 43.6 Å². The number of likely N-dealkylation sites (tertiary alicyclic amines) is 1. The quantitative estimate of drug-likeness (QED) is 0.472. The number of carboxylic acid groups (broad SMARTS) is 1. The number of carbonyl (C=O) groups excluding carboxylic acids is 3. The van der Waals surface area contributed by atoms with Gasteiger partial charge in [0.25, 0.3) is 0 Å². The van der Waals surface area contributed by atoms with Crippen LogP contribution in [0, 0.1) is 0 Å². The molecule has 5 N–H and O–H groups in total. The molecule has 1 heterocycles.